The van der Waals surface area contributed by atoms with Crippen LogP contribution >= 0.6 is 0 Å². The average molecular weight is 433 g/mol. The molecule has 0 saturated carbocycles. The molecule has 3 heterocycles. The molecule has 12 heteroatoms. The van der Waals surface area contributed by atoms with Crippen LogP contribution in [0.25, 0.3) is 11.0 Å². The van der Waals surface area contributed by atoms with Gasteiger partial charge in [-0.3, -0.25) is 8.98 Å². The van der Waals surface area contributed by atoms with Crippen molar-refractivity contribution in [2.24, 2.45) is 5.14 Å². The third kappa shape index (κ3) is 4.32. The number of benzene rings is 1. The molecular weight excluding hydrogens is 414 g/mol. The van der Waals surface area contributed by atoms with E-state index in [1.54, 1.807) is 41.1 Å². The van der Waals surface area contributed by atoms with Crippen LogP contribution in [0.2, 0.25) is 0 Å². The highest BCUT2D eigenvalue weighted by molar-refractivity contribution is 7.84. The van der Waals surface area contributed by atoms with Gasteiger partial charge in [-0.25, -0.2) is 15.1 Å². The maximum Gasteiger partial charge on any atom is 0.333 e. The molecule has 1 aliphatic heterocycles. The highest BCUT2D eigenvalue weighted by atomic mass is 32.2. The van der Waals surface area contributed by atoms with Crippen molar-refractivity contribution in [3.8, 4) is 0 Å². The third-order valence-electron chi connectivity index (χ3n) is 4.69. The van der Waals surface area contributed by atoms with Gasteiger partial charge in [0.25, 0.3) is 5.91 Å². The molecule has 2 aromatic heterocycles. The Morgan fingerprint density at radius 3 is 2.80 bits per heavy atom. The number of nitrogens with one attached hydrogen (secondary N) is 1. The van der Waals surface area contributed by atoms with Gasteiger partial charge in [0.15, 0.2) is 0 Å². The number of carbonyl (C=O) groups excluding carboxylic acids is 1. The van der Waals surface area contributed by atoms with Gasteiger partial charge < -0.3 is 19.7 Å². The molecule has 1 amide bonds. The zero-order valence-corrected chi connectivity index (χ0v) is 16.4. The van der Waals surface area contributed by atoms with Crippen molar-refractivity contribution in [1.29, 1.82) is 0 Å². The number of anilines is 1. The minimum atomic E-state index is -4.14. The van der Waals surface area contributed by atoms with Crippen LogP contribution in [0.1, 0.15) is 23.0 Å². The van der Waals surface area contributed by atoms with Crippen LogP contribution in [0.5, 0.6) is 0 Å². The topological polar surface area (TPSA) is 159 Å². The number of fused-ring (bicyclic) bond motifs is 1. The Balaban J connectivity index is 1.54. The van der Waals surface area contributed by atoms with Crippen LogP contribution in [0.3, 0.4) is 0 Å². The summed E-state index contributed by atoms with van der Waals surface area (Å²) in [5.74, 6) is 0.0244. The van der Waals surface area contributed by atoms with Gasteiger partial charge in [0.2, 0.25) is 0 Å². The fourth-order valence-corrected chi connectivity index (χ4v) is 3.59. The van der Waals surface area contributed by atoms with Gasteiger partial charge in [-0.15, -0.1) is 0 Å². The van der Waals surface area contributed by atoms with E-state index < -0.39 is 35.3 Å². The summed E-state index contributed by atoms with van der Waals surface area (Å²) >= 11 is 0. The van der Waals surface area contributed by atoms with Crippen LogP contribution in [0.4, 0.5) is 5.82 Å². The second-order valence-corrected chi connectivity index (χ2v) is 7.93. The Morgan fingerprint density at radius 1 is 1.30 bits per heavy atom. The summed E-state index contributed by atoms with van der Waals surface area (Å²) in [6.45, 7) is -0.400. The molecule has 1 saturated heterocycles. The number of aliphatic hydroxyl groups is 1. The maximum atomic E-state index is 12.5. The zero-order valence-electron chi connectivity index (χ0n) is 15.6. The monoisotopic (exact) mass is 433 g/mol. The Kier molecular flexibility index (Phi) is 5.49. The first-order valence-electron chi connectivity index (χ1n) is 9.00. The second kappa shape index (κ2) is 8.08. The molecule has 0 unspecified atom stereocenters. The van der Waals surface area contributed by atoms with Crippen molar-refractivity contribution in [2.45, 2.75) is 24.9 Å². The van der Waals surface area contributed by atoms with Gasteiger partial charge in [0, 0.05) is 18.2 Å². The smallest absolute Gasteiger partial charge is 0.333 e. The Hall–Kier alpha value is -2.90. The number of hydrogen-bond donors (Lipinski definition) is 3. The van der Waals surface area contributed by atoms with Crippen LogP contribution in [-0.2, 0) is 19.2 Å². The second-order valence-electron chi connectivity index (χ2n) is 6.71. The maximum absolute atomic E-state index is 12.5. The van der Waals surface area contributed by atoms with E-state index in [4.69, 9.17) is 9.88 Å². The van der Waals surface area contributed by atoms with Gasteiger partial charge in [-0.1, -0.05) is 18.2 Å². The molecule has 1 aliphatic rings. The SMILES string of the molecule is NS(=O)(=O)OC[C@H]1O[C@@H](n2ccc3c(NC(=O)c4ccccc4)ncnc32)C[C@@H]1O. The lowest BCUT2D eigenvalue weighted by molar-refractivity contribution is -0.0369. The van der Waals surface area contributed by atoms with Crippen LogP contribution in [0, 0.1) is 0 Å². The number of amides is 1. The van der Waals surface area contributed by atoms with Crippen molar-refractivity contribution in [3.05, 3.63) is 54.5 Å². The molecule has 0 bridgehead atoms. The van der Waals surface area contributed by atoms with Crippen molar-refractivity contribution in [2.75, 3.05) is 11.9 Å². The molecule has 11 nitrogen and oxygen atoms in total. The quantitative estimate of drug-likeness (QED) is 0.508. The van der Waals surface area contributed by atoms with E-state index in [2.05, 4.69) is 19.5 Å². The van der Waals surface area contributed by atoms with Gasteiger partial charge in [-0.2, -0.15) is 8.42 Å². The average Bonchev–Trinajstić information content (AvgIpc) is 3.30. The molecule has 4 rings (SSSR count). The lowest BCUT2D eigenvalue weighted by Gasteiger charge is -2.15. The molecule has 3 aromatic rings. The summed E-state index contributed by atoms with van der Waals surface area (Å²) in [4.78, 5) is 20.9. The number of nitrogens with two attached hydrogens (primary N) is 1. The van der Waals surface area contributed by atoms with Crippen LogP contribution in [-0.4, -0.2) is 52.8 Å². The molecule has 0 radical (unpaired) electrons. The van der Waals surface area contributed by atoms with Crippen LogP contribution in [0.15, 0.2) is 48.9 Å². The highest BCUT2D eigenvalue weighted by Crippen LogP contribution is 2.33. The highest BCUT2D eigenvalue weighted by Gasteiger charge is 2.36. The molecule has 0 aliphatic carbocycles. The fourth-order valence-electron chi connectivity index (χ4n) is 3.27. The predicted molar refractivity (Wildman–Crippen MR) is 106 cm³/mol. The van der Waals surface area contributed by atoms with Gasteiger partial charge in [0.05, 0.1) is 18.1 Å². The molecule has 1 aromatic carbocycles. The summed E-state index contributed by atoms with van der Waals surface area (Å²) in [6.07, 6.45) is 0.764. The van der Waals surface area contributed by atoms with Gasteiger partial charge in [-0.05, 0) is 18.2 Å². The zero-order chi connectivity index (χ0) is 21.3. The number of aromatic nitrogens is 3. The number of carbonyl (C=O) groups is 1. The fraction of sp³-hybridized carbons (Fsp3) is 0.278. The standard InChI is InChI=1S/C18H19N5O6S/c19-30(26,27)28-9-14-13(24)8-15(29-14)23-7-6-12-16(20-10-21-17(12)23)22-18(25)11-4-2-1-3-5-11/h1-7,10,13-15,24H,8-9H2,(H2,19,26,27)(H,20,21,22,25)/t13-,14+,15+/m0/s1. The van der Waals surface area contributed by atoms with E-state index in [0.717, 1.165) is 0 Å². The third-order valence-corrected chi connectivity index (χ3v) is 5.15. The molecule has 1 fully saturated rings. The Labute approximate surface area is 171 Å². The summed E-state index contributed by atoms with van der Waals surface area (Å²) in [7, 11) is -4.14. The largest absolute Gasteiger partial charge is 0.390 e. The number of ether oxygens (including phenoxy) is 1. The summed E-state index contributed by atoms with van der Waals surface area (Å²) < 4.78 is 33.9. The normalized spacial score (nSPS) is 21.7. The van der Waals surface area contributed by atoms with E-state index in [-0.39, 0.29) is 12.3 Å². The van der Waals surface area contributed by atoms with E-state index in [0.29, 0.717) is 22.4 Å². The lowest BCUT2D eigenvalue weighted by Crippen LogP contribution is -2.30. The van der Waals surface area contributed by atoms with Crippen LogP contribution < -0.4 is 10.5 Å². The predicted octanol–water partition coefficient (Wildman–Crippen LogP) is 0.552. The molecule has 3 atom stereocenters. The van der Waals surface area contributed by atoms with Gasteiger partial charge in [0.1, 0.15) is 30.1 Å². The van der Waals surface area contributed by atoms with Crippen molar-refractivity contribution in [1.82, 2.24) is 14.5 Å². The number of hydrogen-bond acceptors (Lipinski definition) is 8. The Morgan fingerprint density at radius 2 is 2.07 bits per heavy atom. The minimum absolute atomic E-state index is 0.193. The molecule has 4 N–H and O–H groups in total. The first kappa shape index (κ1) is 20.4. The summed E-state index contributed by atoms with van der Waals surface area (Å²) in [6, 6.07) is 10.4. The summed E-state index contributed by atoms with van der Waals surface area (Å²) in [5, 5.41) is 18.4. The molecule has 158 valence electrons. The minimum Gasteiger partial charge on any atom is -0.390 e. The number of rotatable bonds is 6. The van der Waals surface area contributed by atoms with Crippen molar-refractivity contribution < 1.29 is 27.2 Å². The number of nitrogens with zero attached hydrogens (tertiary/aromatic N) is 3. The first-order chi connectivity index (χ1) is 14.3. The first-order valence-corrected chi connectivity index (χ1v) is 10.5. The molecule has 30 heavy (non-hydrogen) atoms. The Bertz CT molecular complexity index is 1170. The van der Waals surface area contributed by atoms with Crippen molar-refractivity contribution in [3.63, 3.8) is 0 Å². The van der Waals surface area contributed by atoms with E-state index in [1.807, 2.05) is 6.07 Å². The van der Waals surface area contributed by atoms with Gasteiger partial charge >= 0.3 is 10.3 Å². The molecule has 0 spiro atoms. The lowest BCUT2D eigenvalue weighted by atomic mass is 10.2. The van der Waals surface area contributed by atoms with E-state index in [1.165, 1.54) is 6.33 Å². The number of aliphatic hydroxyl groups excluding tert-OH is 1. The summed E-state index contributed by atoms with van der Waals surface area (Å²) in [5.41, 5.74) is 0.974. The van der Waals surface area contributed by atoms with E-state index >= 15 is 0 Å². The molecular formula is C18H19N5O6S. The van der Waals surface area contributed by atoms with E-state index in [9.17, 15) is 18.3 Å². The van der Waals surface area contributed by atoms with Crippen molar-refractivity contribution >= 4 is 33.1 Å².